The minimum atomic E-state index is -0.394. The molecule has 1 aromatic carbocycles. The molecular formula is C21H25N5O2S. The van der Waals surface area contributed by atoms with Crippen LogP contribution < -0.4 is 25.7 Å². The van der Waals surface area contributed by atoms with Crippen molar-refractivity contribution in [3.63, 3.8) is 0 Å². The number of rotatable bonds is 5. The van der Waals surface area contributed by atoms with E-state index < -0.39 is 5.60 Å². The van der Waals surface area contributed by atoms with Gasteiger partial charge in [-0.15, -0.1) is 11.3 Å². The summed E-state index contributed by atoms with van der Waals surface area (Å²) in [5.41, 5.74) is 4.21. The minimum absolute atomic E-state index is 0.0245. The van der Waals surface area contributed by atoms with E-state index in [0.29, 0.717) is 13.3 Å². The van der Waals surface area contributed by atoms with E-state index in [4.69, 9.17) is 9.47 Å². The van der Waals surface area contributed by atoms with Crippen molar-refractivity contribution >= 4 is 45.1 Å². The molecule has 0 fully saturated rings. The van der Waals surface area contributed by atoms with Gasteiger partial charge in [-0.1, -0.05) is 6.08 Å². The van der Waals surface area contributed by atoms with Crippen LogP contribution in [0.15, 0.2) is 18.3 Å². The van der Waals surface area contributed by atoms with E-state index in [1.807, 2.05) is 6.20 Å². The Morgan fingerprint density at radius 1 is 1.34 bits per heavy atom. The second-order valence-corrected chi connectivity index (χ2v) is 8.69. The number of nitrogens with zero attached hydrogens (tertiary/aromatic N) is 1. The lowest BCUT2D eigenvalue weighted by molar-refractivity contribution is -0.0137. The molecule has 5 rings (SSSR count). The van der Waals surface area contributed by atoms with Gasteiger partial charge in [0, 0.05) is 41.8 Å². The van der Waals surface area contributed by atoms with Gasteiger partial charge in [0.1, 0.15) is 11.8 Å². The summed E-state index contributed by atoms with van der Waals surface area (Å²) in [6, 6.07) is 4.29. The van der Waals surface area contributed by atoms with Crippen molar-refractivity contribution in [1.29, 1.82) is 0 Å². The highest BCUT2D eigenvalue weighted by molar-refractivity contribution is 7.14. The van der Waals surface area contributed by atoms with Crippen molar-refractivity contribution in [2.45, 2.75) is 25.1 Å². The van der Waals surface area contributed by atoms with Gasteiger partial charge in [-0.05, 0) is 35.9 Å². The van der Waals surface area contributed by atoms with E-state index in [-0.39, 0.29) is 6.17 Å². The van der Waals surface area contributed by atoms with Gasteiger partial charge < -0.3 is 20.1 Å². The van der Waals surface area contributed by atoms with Gasteiger partial charge >= 0.3 is 0 Å². The third-order valence-electron chi connectivity index (χ3n) is 5.78. The summed E-state index contributed by atoms with van der Waals surface area (Å²) in [5.74, 6) is 0. The zero-order valence-corrected chi connectivity index (χ0v) is 17.6. The molecule has 3 heterocycles. The lowest BCUT2D eigenvalue weighted by atomic mass is 9.94. The van der Waals surface area contributed by atoms with E-state index in [0.717, 1.165) is 23.0 Å². The van der Waals surface area contributed by atoms with Crippen LogP contribution in [0.5, 0.6) is 0 Å². The van der Waals surface area contributed by atoms with Crippen LogP contribution in [0, 0.1) is 6.92 Å². The Hall–Kier alpha value is -2.39. The SMILES string of the molecule is COCC1(OC)C=c2sc3c(c2=CC1)C(Nc1cc2cn[nH]c2cc1C)NCN3. The third-order valence-corrected chi connectivity index (χ3v) is 6.91. The molecule has 8 heteroatoms. The number of thiophene rings is 1. The highest BCUT2D eigenvalue weighted by Gasteiger charge is 2.31. The van der Waals surface area contributed by atoms with Gasteiger partial charge in [-0.25, -0.2) is 0 Å². The van der Waals surface area contributed by atoms with Crippen LogP contribution in [0.1, 0.15) is 23.7 Å². The van der Waals surface area contributed by atoms with Crippen molar-refractivity contribution in [2.24, 2.45) is 0 Å². The van der Waals surface area contributed by atoms with Gasteiger partial charge in [0.25, 0.3) is 0 Å². The van der Waals surface area contributed by atoms with Crippen molar-refractivity contribution in [3.05, 3.63) is 39.2 Å². The predicted molar refractivity (Wildman–Crippen MR) is 118 cm³/mol. The first-order chi connectivity index (χ1) is 14.1. The molecule has 29 heavy (non-hydrogen) atoms. The number of benzene rings is 1. The molecular weight excluding hydrogens is 386 g/mol. The minimum Gasteiger partial charge on any atom is -0.381 e. The molecule has 0 saturated heterocycles. The molecule has 3 aromatic rings. The average Bonchev–Trinajstić information content (AvgIpc) is 3.32. The number of aryl methyl sites for hydroxylation is 1. The molecule has 4 N–H and O–H groups in total. The van der Waals surface area contributed by atoms with Crippen LogP contribution >= 0.6 is 11.3 Å². The van der Waals surface area contributed by atoms with E-state index in [9.17, 15) is 0 Å². The molecule has 0 amide bonds. The molecule has 1 aliphatic heterocycles. The van der Waals surface area contributed by atoms with E-state index >= 15 is 0 Å². The molecule has 2 atom stereocenters. The number of H-pyrrole nitrogens is 1. The first kappa shape index (κ1) is 18.6. The largest absolute Gasteiger partial charge is 0.381 e. The number of ether oxygens (including phenoxy) is 2. The Morgan fingerprint density at radius 2 is 2.24 bits per heavy atom. The number of anilines is 2. The Morgan fingerprint density at radius 3 is 3.07 bits per heavy atom. The lowest BCUT2D eigenvalue weighted by Crippen LogP contribution is -2.44. The number of hydrogen-bond donors (Lipinski definition) is 4. The maximum absolute atomic E-state index is 5.81. The average molecular weight is 412 g/mol. The monoisotopic (exact) mass is 411 g/mol. The molecule has 1 aliphatic carbocycles. The zero-order chi connectivity index (χ0) is 20.0. The van der Waals surface area contributed by atoms with Gasteiger partial charge in [-0.3, -0.25) is 10.4 Å². The highest BCUT2D eigenvalue weighted by atomic mass is 32.1. The molecule has 0 saturated carbocycles. The Balaban J connectivity index is 1.55. The second kappa shape index (κ2) is 7.14. The second-order valence-electron chi connectivity index (χ2n) is 7.64. The molecule has 0 radical (unpaired) electrons. The van der Waals surface area contributed by atoms with Gasteiger partial charge in [-0.2, -0.15) is 5.10 Å². The molecule has 2 aromatic heterocycles. The number of nitrogens with one attached hydrogen (secondary N) is 4. The fourth-order valence-electron chi connectivity index (χ4n) is 4.20. The zero-order valence-electron chi connectivity index (χ0n) is 16.8. The van der Waals surface area contributed by atoms with Gasteiger partial charge in [0.15, 0.2) is 0 Å². The van der Waals surface area contributed by atoms with E-state index in [1.165, 1.54) is 25.9 Å². The summed E-state index contributed by atoms with van der Waals surface area (Å²) in [5, 5.41) is 21.5. The van der Waals surface area contributed by atoms with Crippen LogP contribution in [0.25, 0.3) is 23.1 Å². The molecule has 2 unspecified atom stereocenters. The van der Waals surface area contributed by atoms with Crippen molar-refractivity contribution in [1.82, 2.24) is 15.5 Å². The van der Waals surface area contributed by atoms with E-state index in [1.54, 1.807) is 25.6 Å². The highest BCUT2D eigenvalue weighted by Crippen LogP contribution is 2.31. The number of methoxy groups -OCH3 is 2. The number of fused-ring (bicyclic) bond motifs is 4. The number of aromatic nitrogens is 2. The number of aromatic amines is 1. The summed E-state index contributed by atoms with van der Waals surface area (Å²) >= 11 is 1.78. The first-order valence-corrected chi connectivity index (χ1v) is 10.5. The van der Waals surface area contributed by atoms with Crippen molar-refractivity contribution in [2.75, 3.05) is 38.1 Å². The topological polar surface area (TPSA) is 83.2 Å². The molecule has 0 spiro atoms. The van der Waals surface area contributed by atoms with Crippen LogP contribution in [0.4, 0.5) is 10.7 Å². The predicted octanol–water partition coefficient (Wildman–Crippen LogP) is 2.01. The Labute approximate surface area is 172 Å². The quantitative estimate of drug-likeness (QED) is 0.514. The first-order valence-electron chi connectivity index (χ1n) is 9.70. The Bertz CT molecular complexity index is 1180. The number of hydrogen-bond acceptors (Lipinski definition) is 7. The van der Waals surface area contributed by atoms with Crippen molar-refractivity contribution in [3.8, 4) is 0 Å². The van der Waals surface area contributed by atoms with Crippen LogP contribution in [0.2, 0.25) is 0 Å². The third kappa shape index (κ3) is 3.12. The summed E-state index contributed by atoms with van der Waals surface area (Å²) in [6.07, 6.45) is 7.17. The summed E-state index contributed by atoms with van der Waals surface area (Å²) < 4.78 is 12.5. The van der Waals surface area contributed by atoms with Gasteiger partial charge in [0.2, 0.25) is 0 Å². The lowest BCUT2D eigenvalue weighted by Gasteiger charge is -2.30. The molecule has 0 bridgehead atoms. The standard InChI is InChI=1S/C21H25N5O2S/c1-12-6-16-13(9-24-26-16)7-15(12)25-19-18-14-4-5-21(28-3,10-27-2)8-17(14)29-20(18)23-11-22-19/h4,6-9,19,22-23,25H,5,10-11H2,1-3H3,(H,24,26). The van der Waals surface area contributed by atoms with Crippen LogP contribution in [-0.2, 0) is 9.47 Å². The molecule has 152 valence electrons. The fraction of sp³-hybridized carbons (Fsp3) is 0.381. The van der Waals surface area contributed by atoms with E-state index in [2.05, 4.69) is 57.4 Å². The van der Waals surface area contributed by atoms with Crippen molar-refractivity contribution < 1.29 is 9.47 Å². The van der Waals surface area contributed by atoms with Crippen LogP contribution in [-0.4, -0.2) is 43.3 Å². The maximum atomic E-state index is 5.81. The fourth-order valence-corrected chi connectivity index (χ4v) is 5.48. The summed E-state index contributed by atoms with van der Waals surface area (Å²) in [6.45, 7) is 3.37. The molecule has 2 aliphatic rings. The van der Waals surface area contributed by atoms with Crippen LogP contribution in [0.3, 0.4) is 0 Å². The summed E-state index contributed by atoms with van der Waals surface area (Å²) in [7, 11) is 3.47. The normalized spacial score (nSPS) is 22.9. The Kier molecular flexibility index (Phi) is 4.59. The smallest absolute Gasteiger partial charge is 0.114 e. The maximum Gasteiger partial charge on any atom is 0.114 e. The van der Waals surface area contributed by atoms with Gasteiger partial charge in [0.05, 0.1) is 30.0 Å². The molecule has 7 nitrogen and oxygen atoms in total. The summed E-state index contributed by atoms with van der Waals surface area (Å²) in [4.78, 5) is 0.